The maximum absolute atomic E-state index is 12.6. The normalized spacial score (nSPS) is 14.9. The van der Waals surface area contributed by atoms with E-state index >= 15 is 0 Å². The molecule has 0 unspecified atom stereocenters. The van der Waals surface area contributed by atoms with E-state index < -0.39 is 0 Å². The van der Waals surface area contributed by atoms with Crippen LogP contribution in [0.15, 0.2) is 56.1 Å². The summed E-state index contributed by atoms with van der Waals surface area (Å²) in [5, 5.41) is 3.09. The van der Waals surface area contributed by atoms with Crippen LogP contribution in [0, 0.1) is 0 Å². The third kappa shape index (κ3) is 2.77. The molecule has 1 saturated heterocycles. The lowest BCUT2D eigenvalue weighted by atomic mass is 10.1. The molecule has 1 aliphatic rings. The molecule has 4 aromatic rings. The van der Waals surface area contributed by atoms with E-state index in [1.165, 1.54) is 0 Å². The number of ether oxygens (including phenoxy) is 1. The van der Waals surface area contributed by atoms with Gasteiger partial charge in [-0.05, 0) is 24.3 Å². The van der Waals surface area contributed by atoms with Crippen LogP contribution in [-0.4, -0.2) is 40.4 Å². The Kier molecular flexibility index (Phi) is 3.94. The fraction of sp³-hybridized carbons (Fsp3) is 0.273. The molecule has 3 heterocycles. The van der Waals surface area contributed by atoms with E-state index in [1.807, 2.05) is 55.1 Å². The van der Waals surface area contributed by atoms with Gasteiger partial charge in [-0.2, -0.15) is 0 Å². The SMILES string of the molecule is C[N+](C)=c1ccc2c(c1)oc(=O)c1cc3ccc(N4CCOCC4)cc3oc12. The topological polar surface area (TPSA) is 58.8 Å². The molecule has 6 heteroatoms. The molecule has 142 valence electrons. The molecule has 2 aromatic heterocycles. The van der Waals surface area contributed by atoms with Crippen LogP contribution in [0.4, 0.5) is 5.69 Å². The molecule has 0 N–H and O–H groups in total. The van der Waals surface area contributed by atoms with Crippen molar-refractivity contribution in [2.75, 3.05) is 45.3 Å². The molecular weight excluding hydrogens is 356 g/mol. The van der Waals surface area contributed by atoms with Gasteiger partial charge in [-0.1, -0.05) is 0 Å². The van der Waals surface area contributed by atoms with E-state index in [0.29, 0.717) is 16.6 Å². The summed E-state index contributed by atoms with van der Waals surface area (Å²) in [5.74, 6) is 0. The Morgan fingerprint density at radius 1 is 0.893 bits per heavy atom. The first-order chi connectivity index (χ1) is 13.6. The first-order valence-corrected chi connectivity index (χ1v) is 9.38. The number of hydrogen-bond donors (Lipinski definition) is 0. The summed E-state index contributed by atoms with van der Waals surface area (Å²) < 4.78 is 19.2. The maximum atomic E-state index is 12.6. The molecule has 0 radical (unpaired) electrons. The fourth-order valence-electron chi connectivity index (χ4n) is 3.70. The van der Waals surface area contributed by atoms with E-state index in [2.05, 4.69) is 11.0 Å². The smallest absolute Gasteiger partial charge is 0.347 e. The van der Waals surface area contributed by atoms with Gasteiger partial charge in [0.1, 0.15) is 30.6 Å². The van der Waals surface area contributed by atoms with Gasteiger partial charge in [0.15, 0.2) is 5.58 Å². The summed E-state index contributed by atoms with van der Waals surface area (Å²) in [6, 6.07) is 13.7. The third-order valence-corrected chi connectivity index (χ3v) is 5.28. The van der Waals surface area contributed by atoms with Crippen LogP contribution in [-0.2, 0) is 4.74 Å². The van der Waals surface area contributed by atoms with Crippen LogP contribution in [0.25, 0.3) is 32.9 Å². The Morgan fingerprint density at radius 3 is 2.50 bits per heavy atom. The van der Waals surface area contributed by atoms with Crippen molar-refractivity contribution in [3.8, 4) is 0 Å². The number of nitrogens with zero attached hydrogens (tertiary/aromatic N) is 2. The Labute approximate surface area is 160 Å². The average Bonchev–Trinajstić information content (AvgIpc) is 2.72. The van der Waals surface area contributed by atoms with Crippen LogP contribution in [0.1, 0.15) is 0 Å². The zero-order chi connectivity index (χ0) is 19.3. The molecule has 6 nitrogen and oxygen atoms in total. The second-order valence-electron chi connectivity index (χ2n) is 7.28. The highest BCUT2D eigenvalue weighted by Crippen LogP contribution is 2.29. The lowest BCUT2D eigenvalue weighted by molar-refractivity contribution is 0.122. The number of rotatable bonds is 1. The van der Waals surface area contributed by atoms with Gasteiger partial charge in [0, 0.05) is 36.3 Å². The van der Waals surface area contributed by atoms with Crippen molar-refractivity contribution in [2.45, 2.75) is 0 Å². The fourth-order valence-corrected chi connectivity index (χ4v) is 3.70. The first kappa shape index (κ1) is 17.0. The molecule has 0 amide bonds. The zero-order valence-electron chi connectivity index (χ0n) is 15.9. The molecule has 0 atom stereocenters. The summed E-state index contributed by atoms with van der Waals surface area (Å²) >= 11 is 0. The van der Waals surface area contributed by atoms with Crippen molar-refractivity contribution < 1.29 is 13.6 Å². The van der Waals surface area contributed by atoms with Crippen LogP contribution < -0.4 is 20.5 Å². The standard InChI is InChI=1S/C22H21N2O4/c1-23(2)15-5-6-17-20(12-15)28-22(25)18-11-14-3-4-16(13-19(14)27-21(17)18)24-7-9-26-10-8-24/h3-6,11-13H,7-10H2,1-2H3/q+1. The van der Waals surface area contributed by atoms with Crippen molar-refractivity contribution in [1.29, 1.82) is 0 Å². The molecule has 1 fully saturated rings. The van der Waals surface area contributed by atoms with Crippen molar-refractivity contribution in [3.63, 3.8) is 0 Å². The van der Waals surface area contributed by atoms with Gasteiger partial charge >= 0.3 is 5.63 Å². The number of anilines is 1. The van der Waals surface area contributed by atoms with Crippen LogP contribution in [0.2, 0.25) is 0 Å². The predicted octanol–water partition coefficient (Wildman–Crippen LogP) is 2.56. The van der Waals surface area contributed by atoms with Gasteiger partial charge in [-0.15, -0.1) is 0 Å². The summed E-state index contributed by atoms with van der Waals surface area (Å²) in [6.07, 6.45) is 0. The minimum absolute atomic E-state index is 0.388. The average molecular weight is 377 g/mol. The van der Waals surface area contributed by atoms with E-state index in [9.17, 15) is 4.79 Å². The summed E-state index contributed by atoms with van der Waals surface area (Å²) in [6.45, 7) is 3.18. The molecule has 0 spiro atoms. The number of morpholine rings is 1. The summed E-state index contributed by atoms with van der Waals surface area (Å²) in [7, 11) is 3.90. The van der Waals surface area contributed by atoms with Gasteiger partial charge in [0.25, 0.3) is 0 Å². The first-order valence-electron chi connectivity index (χ1n) is 9.38. The van der Waals surface area contributed by atoms with Crippen molar-refractivity contribution in [3.05, 3.63) is 58.2 Å². The maximum Gasteiger partial charge on any atom is 0.347 e. The molecule has 0 aliphatic carbocycles. The minimum Gasteiger partial charge on any atom is -0.455 e. The summed E-state index contributed by atoms with van der Waals surface area (Å²) in [4.78, 5) is 14.9. The Balaban J connectivity index is 1.77. The predicted molar refractivity (Wildman–Crippen MR) is 110 cm³/mol. The van der Waals surface area contributed by atoms with E-state index in [4.69, 9.17) is 13.6 Å². The number of fused-ring (bicyclic) bond motifs is 4. The van der Waals surface area contributed by atoms with Gasteiger partial charge in [0.05, 0.1) is 24.7 Å². The van der Waals surface area contributed by atoms with E-state index in [1.54, 1.807) is 0 Å². The van der Waals surface area contributed by atoms with E-state index in [0.717, 1.165) is 53.7 Å². The lowest BCUT2D eigenvalue weighted by Crippen LogP contribution is -2.36. The highest BCUT2D eigenvalue weighted by Gasteiger charge is 2.15. The van der Waals surface area contributed by atoms with Crippen LogP contribution in [0.3, 0.4) is 0 Å². The minimum atomic E-state index is -0.388. The van der Waals surface area contributed by atoms with Crippen molar-refractivity contribution in [2.24, 2.45) is 0 Å². The highest BCUT2D eigenvalue weighted by molar-refractivity contribution is 6.03. The molecule has 0 saturated carbocycles. The largest absolute Gasteiger partial charge is 0.455 e. The lowest BCUT2D eigenvalue weighted by Gasteiger charge is -2.28. The Hall–Kier alpha value is -3.12. The summed E-state index contributed by atoms with van der Waals surface area (Å²) in [5.41, 5.74) is 2.54. The van der Waals surface area contributed by atoms with Crippen LogP contribution >= 0.6 is 0 Å². The Morgan fingerprint density at radius 2 is 1.71 bits per heavy atom. The van der Waals surface area contributed by atoms with Gasteiger partial charge in [-0.3, -0.25) is 0 Å². The second kappa shape index (κ2) is 6.49. The zero-order valence-corrected chi connectivity index (χ0v) is 15.9. The van der Waals surface area contributed by atoms with Gasteiger partial charge < -0.3 is 18.5 Å². The van der Waals surface area contributed by atoms with Gasteiger partial charge in [0.2, 0.25) is 5.36 Å². The molecule has 28 heavy (non-hydrogen) atoms. The molecular formula is C22H21N2O4+. The third-order valence-electron chi connectivity index (χ3n) is 5.28. The highest BCUT2D eigenvalue weighted by atomic mass is 16.5. The second-order valence-corrected chi connectivity index (χ2v) is 7.28. The molecule has 1 aliphatic heterocycles. The van der Waals surface area contributed by atoms with E-state index in [-0.39, 0.29) is 5.63 Å². The van der Waals surface area contributed by atoms with Crippen LogP contribution in [0.5, 0.6) is 0 Å². The molecule has 5 rings (SSSR count). The van der Waals surface area contributed by atoms with Gasteiger partial charge in [-0.25, -0.2) is 9.37 Å². The monoisotopic (exact) mass is 377 g/mol. The molecule has 2 aromatic carbocycles. The number of benzene rings is 2. The Bertz CT molecular complexity index is 1340. The van der Waals surface area contributed by atoms with Crippen molar-refractivity contribution >= 4 is 38.6 Å². The number of hydrogen-bond acceptors (Lipinski definition) is 5. The molecule has 0 bridgehead atoms. The quantitative estimate of drug-likeness (QED) is 0.221. The van der Waals surface area contributed by atoms with Crippen molar-refractivity contribution in [1.82, 2.24) is 4.58 Å².